The normalized spacial score (nSPS) is 12.7. The third-order valence-electron chi connectivity index (χ3n) is 4.73. The highest BCUT2D eigenvalue weighted by molar-refractivity contribution is 7.17. The lowest BCUT2D eigenvalue weighted by Gasteiger charge is -2.12. The van der Waals surface area contributed by atoms with Crippen LogP contribution in [0.3, 0.4) is 0 Å². The van der Waals surface area contributed by atoms with E-state index >= 15 is 0 Å². The maximum absolute atomic E-state index is 12.6. The van der Waals surface area contributed by atoms with Crippen LogP contribution in [-0.2, 0) is 28.8 Å². The van der Waals surface area contributed by atoms with Crippen LogP contribution in [0.25, 0.3) is 0 Å². The van der Waals surface area contributed by atoms with Crippen molar-refractivity contribution in [3.05, 3.63) is 60.0 Å². The van der Waals surface area contributed by atoms with Crippen molar-refractivity contribution >= 4 is 39.6 Å². The Hall–Kier alpha value is -3.34. The summed E-state index contributed by atoms with van der Waals surface area (Å²) in [5.41, 5.74) is 0.350. The Morgan fingerprint density at radius 2 is 1.90 bits per heavy atom. The lowest BCUT2D eigenvalue weighted by atomic mass is 9.95. The summed E-state index contributed by atoms with van der Waals surface area (Å²) < 4.78 is 5.14. The van der Waals surface area contributed by atoms with Crippen LogP contribution in [0.5, 0.6) is 0 Å². The van der Waals surface area contributed by atoms with E-state index in [1.165, 1.54) is 17.4 Å². The monoisotopic (exact) mass is 433 g/mol. The van der Waals surface area contributed by atoms with Gasteiger partial charge in [0.2, 0.25) is 5.91 Å². The molecule has 30 heavy (non-hydrogen) atoms. The SMILES string of the molecule is CCOC(=O)c1c(NC(=O)Cc2ccc([N+](=O)[O-])cc2[N+](=O)[O-])sc2c1CCCC2. The molecule has 0 fully saturated rings. The van der Waals surface area contributed by atoms with Crippen molar-refractivity contribution in [3.8, 4) is 0 Å². The van der Waals surface area contributed by atoms with Gasteiger partial charge in [-0.25, -0.2) is 4.79 Å². The van der Waals surface area contributed by atoms with E-state index in [9.17, 15) is 29.8 Å². The molecule has 0 aliphatic heterocycles. The number of thiophene rings is 1. The molecule has 0 saturated heterocycles. The average molecular weight is 433 g/mol. The molecule has 0 radical (unpaired) electrons. The van der Waals surface area contributed by atoms with Gasteiger partial charge < -0.3 is 10.1 Å². The number of benzene rings is 1. The number of hydrogen-bond donors (Lipinski definition) is 1. The number of nitrogens with zero attached hydrogens (tertiary/aromatic N) is 2. The Labute approximate surface area is 175 Å². The van der Waals surface area contributed by atoms with E-state index in [0.717, 1.165) is 48.3 Å². The molecule has 1 aliphatic rings. The van der Waals surface area contributed by atoms with Crippen LogP contribution in [0.15, 0.2) is 18.2 Å². The highest BCUT2D eigenvalue weighted by Gasteiger charge is 2.28. The second-order valence-electron chi connectivity index (χ2n) is 6.69. The molecule has 1 heterocycles. The van der Waals surface area contributed by atoms with E-state index in [-0.39, 0.29) is 18.6 Å². The zero-order chi connectivity index (χ0) is 21.8. The molecule has 1 amide bonds. The molecule has 11 heteroatoms. The fraction of sp³-hybridized carbons (Fsp3) is 0.368. The van der Waals surface area contributed by atoms with E-state index < -0.39 is 33.1 Å². The zero-order valence-electron chi connectivity index (χ0n) is 16.1. The molecule has 1 aromatic carbocycles. The summed E-state index contributed by atoms with van der Waals surface area (Å²) in [5.74, 6) is -1.07. The van der Waals surface area contributed by atoms with Gasteiger partial charge >= 0.3 is 5.97 Å². The van der Waals surface area contributed by atoms with Gasteiger partial charge in [0.15, 0.2) is 0 Å². The molecule has 158 valence electrons. The first-order valence-corrected chi connectivity index (χ1v) is 10.2. The molecule has 1 N–H and O–H groups in total. The Morgan fingerprint density at radius 3 is 2.57 bits per heavy atom. The largest absolute Gasteiger partial charge is 0.462 e. The van der Waals surface area contributed by atoms with Gasteiger partial charge in [-0.05, 0) is 44.2 Å². The number of rotatable bonds is 7. The van der Waals surface area contributed by atoms with Crippen molar-refractivity contribution in [3.63, 3.8) is 0 Å². The van der Waals surface area contributed by atoms with Gasteiger partial charge in [0.05, 0.1) is 34.5 Å². The second-order valence-corrected chi connectivity index (χ2v) is 7.79. The summed E-state index contributed by atoms with van der Waals surface area (Å²) >= 11 is 1.32. The number of carbonyl (C=O) groups is 2. The number of ether oxygens (including phenoxy) is 1. The van der Waals surface area contributed by atoms with Crippen LogP contribution in [0.4, 0.5) is 16.4 Å². The molecule has 0 spiro atoms. The highest BCUT2D eigenvalue weighted by Crippen LogP contribution is 2.38. The first kappa shape index (κ1) is 21.4. The van der Waals surface area contributed by atoms with Gasteiger partial charge in [-0.2, -0.15) is 0 Å². The van der Waals surface area contributed by atoms with Crippen molar-refractivity contribution in [2.75, 3.05) is 11.9 Å². The molecule has 1 aliphatic carbocycles. The van der Waals surface area contributed by atoms with Crippen molar-refractivity contribution in [2.45, 2.75) is 39.0 Å². The van der Waals surface area contributed by atoms with Gasteiger partial charge in [-0.3, -0.25) is 25.0 Å². The van der Waals surface area contributed by atoms with E-state index in [4.69, 9.17) is 4.74 Å². The molecule has 0 bridgehead atoms. The highest BCUT2D eigenvalue weighted by atomic mass is 32.1. The molecule has 3 rings (SSSR count). The minimum Gasteiger partial charge on any atom is -0.462 e. The van der Waals surface area contributed by atoms with Gasteiger partial charge in [0, 0.05) is 16.5 Å². The Balaban J connectivity index is 1.87. The van der Waals surface area contributed by atoms with Crippen molar-refractivity contribution < 1.29 is 24.2 Å². The number of nitro groups is 2. The molecular formula is C19H19N3O7S. The van der Waals surface area contributed by atoms with Gasteiger partial charge in [-0.15, -0.1) is 11.3 Å². The number of amides is 1. The minimum atomic E-state index is -0.760. The Kier molecular flexibility index (Phi) is 6.40. The second kappa shape index (κ2) is 8.99. The molecule has 10 nitrogen and oxygen atoms in total. The van der Waals surface area contributed by atoms with E-state index in [1.54, 1.807) is 6.92 Å². The molecule has 2 aromatic rings. The number of nitro benzene ring substituents is 2. The number of aryl methyl sites for hydroxylation is 1. The summed E-state index contributed by atoms with van der Waals surface area (Å²) in [7, 11) is 0. The molecule has 0 saturated carbocycles. The predicted octanol–water partition coefficient (Wildman–Crippen LogP) is 3.80. The predicted molar refractivity (Wildman–Crippen MR) is 109 cm³/mol. The quantitative estimate of drug-likeness (QED) is 0.397. The molecule has 1 aromatic heterocycles. The van der Waals surface area contributed by atoms with Crippen LogP contribution < -0.4 is 5.32 Å². The lowest BCUT2D eigenvalue weighted by Crippen LogP contribution is -2.17. The first-order valence-electron chi connectivity index (χ1n) is 9.35. The van der Waals surface area contributed by atoms with E-state index in [0.29, 0.717) is 10.6 Å². The standard InChI is InChI=1S/C19H19N3O7S/c1-2-29-19(24)17-13-5-3-4-6-15(13)30-18(17)20-16(23)9-11-7-8-12(21(25)26)10-14(11)22(27)28/h7-8,10H,2-6,9H2,1H3,(H,20,23). The molecule has 0 unspecified atom stereocenters. The number of fused-ring (bicyclic) bond motifs is 1. The number of hydrogen-bond acceptors (Lipinski definition) is 8. The van der Waals surface area contributed by atoms with Crippen LogP contribution in [0.2, 0.25) is 0 Å². The molecule has 0 atom stereocenters. The maximum Gasteiger partial charge on any atom is 0.341 e. The van der Waals surface area contributed by atoms with Crippen LogP contribution >= 0.6 is 11.3 Å². The minimum absolute atomic E-state index is 0.0436. The Bertz CT molecular complexity index is 1030. The summed E-state index contributed by atoms with van der Waals surface area (Å²) in [5, 5.41) is 25.2. The average Bonchev–Trinajstić information content (AvgIpc) is 3.05. The fourth-order valence-corrected chi connectivity index (χ4v) is 4.70. The number of non-ortho nitro benzene ring substituents is 1. The number of carbonyl (C=O) groups excluding carboxylic acids is 2. The number of esters is 1. The van der Waals surface area contributed by atoms with Crippen molar-refractivity contribution in [1.29, 1.82) is 0 Å². The summed E-state index contributed by atoms with van der Waals surface area (Å²) in [6.07, 6.45) is 3.12. The molecular weight excluding hydrogens is 414 g/mol. The lowest BCUT2D eigenvalue weighted by molar-refractivity contribution is -0.394. The summed E-state index contributed by atoms with van der Waals surface area (Å²) in [4.78, 5) is 46.7. The summed E-state index contributed by atoms with van der Waals surface area (Å²) in [6.45, 7) is 1.90. The van der Waals surface area contributed by atoms with Gasteiger partial charge in [-0.1, -0.05) is 0 Å². The Morgan fingerprint density at radius 1 is 1.17 bits per heavy atom. The van der Waals surface area contributed by atoms with Gasteiger partial charge in [0.25, 0.3) is 11.4 Å². The third-order valence-corrected chi connectivity index (χ3v) is 5.94. The first-order chi connectivity index (χ1) is 14.3. The van der Waals surface area contributed by atoms with Crippen molar-refractivity contribution in [2.24, 2.45) is 0 Å². The fourth-order valence-electron chi connectivity index (χ4n) is 3.40. The smallest absolute Gasteiger partial charge is 0.341 e. The van der Waals surface area contributed by atoms with Crippen LogP contribution in [-0.4, -0.2) is 28.3 Å². The van der Waals surface area contributed by atoms with Crippen LogP contribution in [0, 0.1) is 20.2 Å². The van der Waals surface area contributed by atoms with E-state index in [2.05, 4.69) is 5.32 Å². The zero-order valence-corrected chi connectivity index (χ0v) is 17.0. The maximum atomic E-state index is 12.6. The number of anilines is 1. The summed E-state index contributed by atoms with van der Waals surface area (Å²) in [6, 6.07) is 3.14. The van der Waals surface area contributed by atoms with Crippen LogP contribution in [0.1, 0.15) is 46.1 Å². The van der Waals surface area contributed by atoms with Gasteiger partial charge in [0.1, 0.15) is 5.00 Å². The van der Waals surface area contributed by atoms with E-state index in [1.807, 2.05) is 0 Å². The third kappa shape index (κ3) is 4.46. The topological polar surface area (TPSA) is 142 Å². The number of nitrogens with one attached hydrogen (secondary N) is 1. The van der Waals surface area contributed by atoms with Crippen molar-refractivity contribution in [1.82, 2.24) is 0 Å².